The summed E-state index contributed by atoms with van der Waals surface area (Å²) in [5.41, 5.74) is 0. The molecule has 1 aliphatic rings. The Balaban J connectivity index is 2.11. The van der Waals surface area contributed by atoms with Gasteiger partial charge < -0.3 is 5.32 Å². The van der Waals surface area contributed by atoms with Crippen LogP contribution in [0.15, 0.2) is 0 Å². The van der Waals surface area contributed by atoms with Crippen LogP contribution < -0.4 is 5.32 Å². The summed E-state index contributed by atoms with van der Waals surface area (Å²) in [7, 11) is 0. The lowest BCUT2D eigenvalue weighted by atomic mass is 9.69. The lowest BCUT2D eigenvalue weighted by Crippen LogP contribution is -2.49. The average Bonchev–Trinajstić information content (AvgIpc) is 2.03. The second-order valence-electron chi connectivity index (χ2n) is 3.82. The van der Waals surface area contributed by atoms with Gasteiger partial charge in [0.05, 0.1) is 0 Å². The quantitative estimate of drug-likeness (QED) is 0.657. The third-order valence-electron chi connectivity index (χ3n) is 3.12. The standard InChI is InChI=1S/C10H21N/c1-4-6-11-10-7-9(5-2)8(10)3/h8-11H,4-7H2,1-3H3. The summed E-state index contributed by atoms with van der Waals surface area (Å²) in [6.07, 6.45) is 4.04. The molecule has 0 radical (unpaired) electrons. The fraction of sp³-hybridized carbons (Fsp3) is 1.00. The summed E-state index contributed by atoms with van der Waals surface area (Å²) in [6.45, 7) is 8.11. The Labute approximate surface area is 70.6 Å². The molecule has 0 aromatic rings. The zero-order valence-corrected chi connectivity index (χ0v) is 8.06. The summed E-state index contributed by atoms with van der Waals surface area (Å²) in [5.74, 6) is 1.93. The second kappa shape index (κ2) is 4.10. The van der Waals surface area contributed by atoms with E-state index in [1.165, 1.54) is 25.8 Å². The first-order valence-electron chi connectivity index (χ1n) is 5.03. The van der Waals surface area contributed by atoms with E-state index < -0.39 is 0 Å². The molecule has 1 heteroatoms. The van der Waals surface area contributed by atoms with Gasteiger partial charge in [-0.3, -0.25) is 0 Å². The maximum Gasteiger partial charge on any atom is 0.00980 e. The maximum atomic E-state index is 3.58. The van der Waals surface area contributed by atoms with E-state index in [0.717, 1.165) is 17.9 Å². The van der Waals surface area contributed by atoms with Crippen molar-refractivity contribution < 1.29 is 0 Å². The summed E-state index contributed by atoms with van der Waals surface area (Å²) < 4.78 is 0. The molecule has 1 rings (SSSR count). The van der Waals surface area contributed by atoms with Crippen LogP contribution >= 0.6 is 0 Å². The minimum absolute atomic E-state index is 0.833. The third-order valence-corrected chi connectivity index (χ3v) is 3.12. The molecule has 1 aliphatic carbocycles. The predicted octanol–water partition coefficient (Wildman–Crippen LogP) is 2.42. The monoisotopic (exact) mass is 155 g/mol. The van der Waals surface area contributed by atoms with Gasteiger partial charge in [-0.25, -0.2) is 0 Å². The van der Waals surface area contributed by atoms with Crippen LogP contribution in [0.3, 0.4) is 0 Å². The van der Waals surface area contributed by atoms with Crippen LogP contribution in [0.5, 0.6) is 0 Å². The minimum Gasteiger partial charge on any atom is -0.314 e. The largest absolute Gasteiger partial charge is 0.314 e. The molecule has 0 aromatic heterocycles. The molecule has 0 heterocycles. The Kier molecular flexibility index (Phi) is 3.38. The van der Waals surface area contributed by atoms with E-state index in [1.807, 2.05) is 0 Å². The van der Waals surface area contributed by atoms with Gasteiger partial charge in [-0.15, -0.1) is 0 Å². The van der Waals surface area contributed by atoms with Crippen LogP contribution in [0.25, 0.3) is 0 Å². The van der Waals surface area contributed by atoms with E-state index >= 15 is 0 Å². The normalized spacial score (nSPS) is 36.8. The topological polar surface area (TPSA) is 12.0 Å². The van der Waals surface area contributed by atoms with Crippen molar-refractivity contribution in [1.29, 1.82) is 0 Å². The highest BCUT2D eigenvalue weighted by Crippen LogP contribution is 2.36. The molecule has 0 saturated heterocycles. The number of nitrogens with one attached hydrogen (secondary N) is 1. The van der Waals surface area contributed by atoms with Crippen molar-refractivity contribution in [2.24, 2.45) is 11.8 Å². The molecule has 3 unspecified atom stereocenters. The van der Waals surface area contributed by atoms with E-state index in [0.29, 0.717) is 0 Å². The van der Waals surface area contributed by atoms with Crippen molar-refractivity contribution in [2.45, 2.75) is 46.1 Å². The summed E-state index contributed by atoms with van der Waals surface area (Å²) >= 11 is 0. The first-order chi connectivity index (χ1) is 5.29. The Morgan fingerprint density at radius 2 is 2.09 bits per heavy atom. The highest BCUT2D eigenvalue weighted by Gasteiger charge is 2.35. The molecule has 0 aromatic carbocycles. The Bertz CT molecular complexity index is 109. The zero-order valence-electron chi connectivity index (χ0n) is 8.06. The predicted molar refractivity (Wildman–Crippen MR) is 49.6 cm³/mol. The molecule has 0 aliphatic heterocycles. The molecule has 0 bridgehead atoms. The van der Waals surface area contributed by atoms with E-state index in [-0.39, 0.29) is 0 Å². The van der Waals surface area contributed by atoms with Gasteiger partial charge in [0.15, 0.2) is 0 Å². The first-order valence-corrected chi connectivity index (χ1v) is 5.03. The second-order valence-corrected chi connectivity index (χ2v) is 3.82. The van der Waals surface area contributed by atoms with Crippen molar-refractivity contribution in [1.82, 2.24) is 5.32 Å². The van der Waals surface area contributed by atoms with E-state index in [9.17, 15) is 0 Å². The van der Waals surface area contributed by atoms with Crippen molar-refractivity contribution in [2.75, 3.05) is 6.54 Å². The molecule has 1 saturated carbocycles. The van der Waals surface area contributed by atoms with E-state index in [2.05, 4.69) is 26.1 Å². The van der Waals surface area contributed by atoms with Gasteiger partial charge in [0.25, 0.3) is 0 Å². The van der Waals surface area contributed by atoms with Crippen molar-refractivity contribution in [3.05, 3.63) is 0 Å². The van der Waals surface area contributed by atoms with Gasteiger partial charge in [-0.1, -0.05) is 27.2 Å². The molecule has 11 heavy (non-hydrogen) atoms. The van der Waals surface area contributed by atoms with Crippen LogP contribution in [0.2, 0.25) is 0 Å². The Hall–Kier alpha value is -0.0400. The van der Waals surface area contributed by atoms with Crippen molar-refractivity contribution in [3.63, 3.8) is 0 Å². The maximum absolute atomic E-state index is 3.58. The summed E-state index contributed by atoms with van der Waals surface area (Å²) in [6, 6.07) is 0.833. The van der Waals surface area contributed by atoms with E-state index in [4.69, 9.17) is 0 Å². The van der Waals surface area contributed by atoms with Crippen molar-refractivity contribution >= 4 is 0 Å². The van der Waals surface area contributed by atoms with Gasteiger partial charge in [-0.05, 0) is 31.2 Å². The van der Waals surface area contributed by atoms with Crippen LogP contribution in [0.4, 0.5) is 0 Å². The highest BCUT2D eigenvalue weighted by atomic mass is 14.9. The number of hydrogen-bond donors (Lipinski definition) is 1. The van der Waals surface area contributed by atoms with E-state index in [1.54, 1.807) is 0 Å². The third kappa shape index (κ3) is 1.96. The zero-order chi connectivity index (χ0) is 8.27. The molecular formula is C10H21N. The van der Waals surface area contributed by atoms with Gasteiger partial charge in [-0.2, -0.15) is 0 Å². The Morgan fingerprint density at radius 1 is 1.36 bits per heavy atom. The number of rotatable bonds is 4. The molecule has 66 valence electrons. The SMILES string of the molecule is CCCNC1CC(CC)C1C. The smallest absolute Gasteiger partial charge is 0.00980 e. The number of hydrogen-bond acceptors (Lipinski definition) is 1. The highest BCUT2D eigenvalue weighted by molar-refractivity contribution is 4.90. The van der Waals surface area contributed by atoms with Crippen LogP contribution in [-0.4, -0.2) is 12.6 Å². The van der Waals surface area contributed by atoms with Gasteiger partial charge >= 0.3 is 0 Å². The van der Waals surface area contributed by atoms with Crippen molar-refractivity contribution in [3.8, 4) is 0 Å². The molecule has 1 fully saturated rings. The molecule has 3 atom stereocenters. The fourth-order valence-electron chi connectivity index (χ4n) is 2.03. The van der Waals surface area contributed by atoms with Crippen LogP contribution in [0, 0.1) is 11.8 Å². The summed E-state index contributed by atoms with van der Waals surface area (Å²) in [5, 5.41) is 3.58. The first kappa shape index (κ1) is 9.05. The molecule has 1 nitrogen and oxygen atoms in total. The lowest BCUT2D eigenvalue weighted by Gasteiger charge is -2.43. The molecule has 0 amide bonds. The van der Waals surface area contributed by atoms with Gasteiger partial charge in [0, 0.05) is 6.04 Å². The molecule has 1 N–H and O–H groups in total. The minimum atomic E-state index is 0.833. The average molecular weight is 155 g/mol. The molecular weight excluding hydrogens is 134 g/mol. The van der Waals surface area contributed by atoms with Gasteiger partial charge in [0.1, 0.15) is 0 Å². The van der Waals surface area contributed by atoms with Crippen LogP contribution in [0.1, 0.15) is 40.0 Å². The van der Waals surface area contributed by atoms with Gasteiger partial charge in [0.2, 0.25) is 0 Å². The fourth-order valence-corrected chi connectivity index (χ4v) is 2.03. The van der Waals surface area contributed by atoms with Crippen LogP contribution in [-0.2, 0) is 0 Å². The Morgan fingerprint density at radius 3 is 2.55 bits per heavy atom. The summed E-state index contributed by atoms with van der Waals surface area (Å²) in [4.78, 5) is 0. The molecule has 0 spiro atoms. The lowest BCUT2D eigenvalue weighted by molar-refractivity contribution is 0.118.